The molecule has 10 heteroatoms. The molecule has 0 spiro atoms. The van der Waals surface area contributed by atoms with E-state index in [1.165, 1.54) is 0 Å². The van der Waals surface area contributed by atoms with Gasteiger partial charge in [-0.15, -0.1) is 0 Å². The fourth-order valence-electron chi connectivity index (χ4n) is 4.19. The number of aliphatic hydroxyl groups excluding tert-OH is 2. The summed E-state index contributed by atoms with van der Waals surface area (Å²) in [6.07, 6.45) is -0.00946. The van der Waals surface area contributed by atoms with Gasteiger partial charge in [0.05, 0.1) is 23.9 Å². The van der Waals surface area contributed by atoms with Crippen molar-refractivity contribution in [3.05, 3.63) is 10.2 Å². The Morgan fingerprint density at radius 3 is 2.92 bits per heavy atom. The molecule has 25 heavy (non-hydrogen) atoms. The molecule has 2 aliphatic rings. The largest absolute Gasteiger partial charge is 0.389 e. The number of amides is 1. The highest BCUT2D eigenvalue weighted by Gasteiger charge is 2.75. The van der Waals surface area contributed by atoms with Gasteiger partial charge in [0, 0.05) is 42.1 Å². The first-order valence-corrected chi connectivity index (χ1v) is 9.25. The van der Waals surface area contributed by atoms with E-state index in [9.17, 15) is 15.0 Å². The minimum atomic E-state index is -1.10. The zero-order valence-corrected chi connectivity index (χ0v) is 15.9. The average molecular weight is 458 g/mol. The summed E-state index contributed by atoms with van der Waals surface area (Å²) in [5, 5.41) is 26.9. The number of halogens is 1. The SMILES string of the molecule is CCNc1nc(I)nc2c1ncn2[C@H]1[C@H](O)[C@H](O)[C@]2(C(=O)NC)C[C@H]12. The maximum atomic E-state index is 12.3. The fourth-order valence-corrected chi connectivity index (χ4v) is 4.66. The molecule has 5 atom stereocenters. The highest BCUT2D eigenvalue weighted by Crippen LogP contribution is 2.67. The van der Waals surface area contributed by atoms with Crippen LogP contribution in [-0.2, 0) is 4.79 Å². The summed E-state index contributed by atoms with van der Waals surface area (Å²) in [4.78, 5) is 25.5. The van der Waals surface area contributed by atoms with Gasteiger partial charge < -0.3 is 25.4 Å². The molecule has 134 valence electrons. The Bertz CT molecular complexity index is 857. The minimum absolute atomic E-state index is 0.148. The number of hydrogen-bond donors (Lipinski definition) is 4. The second-order valence-corrected chi connectivity index (χ2v) is 7.52. The molecule has 2 aromatic heterocycles. The van der Waals surface area contributed by atoms with Crippen molar-refractivity contribution in [1.82, 2.24) is 24.8 Å². The molecule has 4 N–H and O–H groups in total. The Hall–Kier alpha value is -1.53. The average Bonchev–Trinajstić information content (AvgIpc) is 3.13. The van der Waals surface area contributed by atoms with Gasteiger partial charge in [0.1, 0.15) is 6.10 Å². The highest BCUT2D eigenvalue weighted by molar-refractivity contribution is 14.1. The van der Waals surface area contributed by atoms with Crippen LogP contribution in [0.3, 0.4) is 0 Å². The van der Waals surface area contributed by atoms with Crippen LogP contribution in [0.4, 0.5) is 5.82 Å². The van der Waals surface area contributed by atoms with Crippen molar-refractivity contribution in [3.8, 4) is 0 Å². The minimum Gasteiger partial charge on any atom is -0.389 e. The smallest absolute Gasteiger partial charge is 0.229 e. The highest BCUT2D eigenvalue weighted by atomic mass is 127. The lowest BCUT2D eigenvalue weighted by molar-refractivity contribution is -0.132. The zero-order valence-electron chi connectivity index (χ0n) is 13.8. The lowest BCUT2D eigenvalue weighted by Gasteiger charge is -2.23. The second kappa shape index (κ2) is 5.74. The standard InChI is InChI=1S/C15H19IN6O3/c1-3-18-11-7-12(21-14(16)20-11)22(5-19-7)8-6-4-15(6,13(25)17-2)10(24)9(8)23/h5-6,8-10,23-24H,3-4H2,1-2H3,(H,17,25)(H,18,20,21)/t6-,8-,9+,10+,15+/m1/s1. The summed E-state index contributed by atoms with van der Waals surface area (Å²) in [5.74, 6) is 0.260. The molecule has 2 fully saturated rings. The molecule has 0 unspecified atom stereocenters. The van der Waals surface area contributed by atoms with E-state index >= 15 is 0 Å². The zero-order chi connectivity index (χ0) is 17.9. The van der Waals surface area contributed by atoms with E-state index in [1.54, 1.807) is 17.9 Å². The Balaban J connectivity index is 1.80. The van der Waals surface area contributed by atoms with Crippen molar-refractivity contribution >= 4 is 45.5 Å². The van der Waals surface area contributed by atoms with Gasteiger partial charge in [-0.3, -0.25) is 4.79 Å². The Labute approximate surface area is 157 Å². The first-order valence-electron chi connectivity index (χ1n) is 8.18. The fraction of sp³-hybridized carbons (Fsp3) is 0.600. The number of hydrogen-bond acceptors (Lipinski definition) is 7. The maximum Gasteiger partial charge on any atom is 0.229 e. The Morgan fingerprint density at radius 1 is 1.48 bits per heavy atom. The lowest BCUT2D eigenvalue weighted by Crippen LogP contribution is -2.41. The summed E-state index contributed by atoms with van der Waals surface area (Å²) in [6.45, 7) is 2.67. The van der Waals surface area contributed by atoms with Gasteiger partial charge >= 0.3 is 0 Å². The predicted molar refractivity (Wildman–Crippen MR) is 97.9 cm³/mol. The third-order valence-corrected chi connectivity index (χ3v) is 5.86. The van der Waals surface area contributed by atoms with E-state index in [4.69, 9.17) is 0 Å². The van der Waals surface area contributed by atoms with Crippen LogP contribution in [0.25, 0.3) is 11.2 Å². The first-order chi connectivity index (χ1) is 12.0. The van der Waals surface area contributed by atoms with Crippen LogP contribution < -0.4 is 10.6 Å². The van der Waals surface area contributed by atoms with E-state index < -0.39 is 23.7 Å². The third-order valence-electron chi connectivity index (χ3n) is 5.38. The third kappa shape index (κ3) is 2.20. The molecule has 2 aliphatic carbocycles. The molecule has 1 amide bonds. The molecule has 0 aliphatic heterocycles. The first kappa shape index (κ1) is 16.9. The maximum absolute atomic E-state index is 12.3. The predicted octanol–water partition coefficient (Wildman–Crippen LogP) is -0.109. The van der Waals surface area contributed by atoms with Crippen molar-refractivity contribution in [2.24, 2.45) is 11.3 Å². The second-order valence-electron chi connectivity index (χ2n) is 6.55. The van der Waals surface area contributed by atoms with Gasteiger partial charge in [-0.2, -0.15) is 0 Å². The number of rotatable bonds is 4. The quantitative estimate of drug-likeness (QED) is 0.372. The van der Waals surface area contributed by atoms with Gasteiger partial charge in [-0.05, 0) is 13.3 Å². The van der Waals surface area contributed by atoms with E-state index in [1.807, 2.05) is 29.5 Å². The number of carbonyl (C=O) groups excluding carboxylic acids is 1. The van der Waals surface area contributed by atoms with Crippen LogP contribution in [0, 0.1) is 15.2 Å². The van der Waals surface area contributed by atoms with Crippen molar-refractivity contribution in [2.45, 2.75) is 31.6 Å². The number of carbonyl (C=O) groups is 1. The van der Waals surface area contributed by atoms with Crippen LogP contribution in [0.1, 0.15) is 19.4 Å². The number of aliphatic hydroxyl groups is 2. The van der Waals surface area contributed by atoms with Crippen molar-refractivity contribution < 1.29 is 15.0 Å². The van der Waals surface area contributed by atoms with Crippen LogP contribution in [0.15, 0.2) is 6.33 Å². The summed E-state index contributed by atoms with van der Waals surface area (Å²) < 4.78 is 2.33. The summed E-state index contributed by atoms with van der Waals surface area (Å²) >= 11 is 2.04. The normalized spacial score (nSPS) is 33.3. The number of aromatic nitrogens is 4. The molecular formula is C15H19IN6O3. The number of imidazole rings is 1. The van der Waals surface area contributed by atoms with Crippen molar-refractivity contribution in [3.63, 3.8) is 0 Å². The van der Waals surface area contributed by atoms with Crippen molar-refractivity contribution in [2.75, 3.05) is 18.9 Å². The van der Waals surface area contributed by atoms with E-state index in [0.717, 1.165) is 0 Å². The molecule has 2 heterocycles. The van der Waals surface area contributed by atoms with Crippen molar-refractivity contribution in [1.29, 1.82) is 0 Å². The summed E-state index contributed by atoms with van der Waals surface area (Å²) in [6, 6.07) is -0.447. The Morgan fingerprint density at radius 2 is 2.24 bits per heavy atom. The monoisotopic (exact) mass is 458 g/mol. The molecule has 2 aromatic rings. The van der Waals surface area contributed by atoms with Gasteiger partial charge in [-0.1, -0.05) is 0 Å². The molecule has 0 aromatic carbocycles. The number of nitrogens with one attached hydrogen (secondary N) is 2. The van der Waals surface area contributed by atoms with E-state index in [-0.39, 0.29) is 11.8 Å². The van der Waals surface area contributed by atoms with Crippen LogP contribution in [0.5, 0.6) is 0 Å². The summed E-state index contributed by atoms with van der Waals surface area (Å²) in [7, 11) is 1.55. The molecule has 0 saturated heterocycles. The molecule has 4 rings (SSSR count). The molecule has 9 nitrogen and oxygen atoms in total. The van der Waals surface area contributed by atoms with E-state index in [0.29, 0.717) is 33.8 Å². The van der Waals surface area contributed by atoms with Crippen LogP contribution in [-0.4, -0.2) is 61.4 Å². The molecular weight excluding hydrogens is 439 g/mol. The van der Waals surface area contributed by atoms with Crippen LogP contribution >= 0.6 is 22.6 Å². The summed E-state index contributed by atoms with van der Waals surface area (Å²) in [5.41, 5.74) is 0.286. The van der Waals surface area contributed by atoms with Gasteiger partial charge in [-0.25, -0.2) is 15.0 Å². The lowest BCUT2D eigenvalue weighted by atomic mass is 9.98. The number of nitrogens with zero attached hydrogens (tertiary/aromatic N) is 4. The molecule has 0 radical (unpaired) electrons. The number of fused-ring (bicyclic) bond motifs is 2. The topological polar surface area (TPSA) is 125 Å². The van der Waals surface area contributed by atoms with Gasteiger partial charge in [0.2, 0.25) is 5.91 Å². The van der Waals surface area contributed by atoms with Gasteiger partial charge in [0.15, 0.2) is 20.8 Å². The molecule has 0 bridgehead atoms. The molecule has 2 saturated carbocycles. The Kier molecular flexibility index (Phi) is 3.88. The van der Waals surface area contributed by atoms with E-state index in [2.05, 4.69) is 25.6 Å². The van der Waals surface area contributed by atoms with Gasteiger partial charge in [0.25, 0.3) is 0 Å². The number of anilines is 1. The van der Waals surface area contributed by atoms with Crippen LogP contribution in [0.2, 0.25) is 0 Å².